The predicted molar refractivity (Wildman–Crippen MR) is 150 cm³/mol. The summed E-state index contributed by atoms with van der Waals surface area (Å²) in [6, 6.07) is 22.0. The Balaban J connectivity index is 1.47. The third-order valence-electron chi connectivity index (χ3n) is 7.16. The second-order valence-corrected chi connectivity index (χ2v) is 10.4. The average Bonchev–Trinajstić information content (AvgIpc) is 3.43. The van der Waals surface area contributed by atoms with Crippen molar-refractivity contribution in [1.29, 1.82) is 0 Å². The lowest BCUT2D eigenvalue weighted by Gasteiger charge is -2.26. The normalized spacial score (nSPS) is 19.8. The van der Waals surface area contributed by atoms with Crippen molar-refractivity contribution in [2.24, 2.45) is 0 Å². The summed E-state index contributed by atoms with van der Waals surface area (Å²) in [4.78, 5) is 30.2. The first-order valence-corrected chi connectivity index (χ1v) is 13.3. The highest BCUT2D eigenvalue weighted by Gasteiger charge is 2.45. The fourth-order valence-electron chi connectivity index (χ4n) is 5.23. The predicted octanol–water partition coefficient (Wildman–Crippen LogP) is 4.96. The molecule has 0 spiro atoms. The molecule has 0 saturated carbocycles. The van der Waals surface area contributed by atoms with Crippen LogP contribution in [0.5, 0.6) is 11.5 Å². The molecule has 0 bridgehead atoms. The maximum Gasteiger partial charge on any atom is 0.295 e. The van der Waals surface area contributed by atoms with Gasteiger partial charge in [0.1, 0.15) is 30.0 Å². The van der Waals surface area contributed by atoms with Crippen LogP contribution in [0.3, 0.4) is 0 Å². The molecule has 3 aromatic carbocycles. The van der Waals surface area contributed by atoms with Crippen LogP contribution in [0.1, 0.15) is 41.6 Å². The summed E-state index contributed by atoms with van der Waals surface area (Å²) in [6.45, 7) is 3.59. The van der Waals surface area contributed by atoms with E-state index in [0.29, 0.717) is 30.9 Å². The summed E-state index contributed by atoms with van der Waals surface area (Å²) in [5.41, 5.74) is 3.39. The zero-order chi connectivity index (χ0) is 27.5. The van der Waals surface area contributed by atoms with Crippen molar-refractivity contribution in [2.45, 2.75) is 38.5 Å². The zero-order valence-corrected chi connectivity index (χ0v) is 22.6. The quantitative estimate of drug-likeness (QED) is 0.241. The van der Waals surface area contributed by atoms with Crippen molar-refractivity contribution in [3.8, 4) is 11.5 Å². The number of Topliss-reactive ketones (excluding diaryl/α,β-unsaturated/α-hetero) is 1. The number of amides is 1. The number of carbonyl (C=O) groups excluding carboxylic acids is 2. The molecule has 3 aromatic rings. The Morgan fingerprint density at radius 1 is 1.05 bits per heavy atom. The third-order valence-corrected chi connectivity index (χ3v) is 7.16. The highest BCUT2D eigenvalue weighted by atomic mass is 16.5. The van der Waals surface area contributed by atoms with Gasteiger partial charge in [-0.25, -0.2) is 0 Å². The van der Waals surface area contributed by atoms with Crippen LogP contribution in [-0.2, 0) is 22.6 Å². The average molecular weight is 527 g/mol. The van der Waals surface area contributed by atoms with Gasteiger partial charge in [0.25, 0.3) is 11.7 Å². The number of hydrogen-bond donors (Lipinski definition) is 1. The minimum absolute atomic E-state index is 0.0577. The Morgan fingerprint density at radius 3 is 2.51 bits per heavy atom. The molecule has 2 aliphatic heterocycles. The van der Waals surface area contributed by atoms with Gasteiger partial charge >= 0.3 is 0 Å². The third kappa shape index (κ3) is 5.68. The molecule has 2 aliphatic rings. The lowest BCUT2D eigenvalue weighted by atomic mass is 9.94. The zero-order valence-electron chi connectivity index (χ0n) is 22.6. The minimum Gasteiger partial charge on any atom is -0.507 e. The summed E-state index contributed by atoms with van der Waals surface area (Å²) < 4.78 is 11.7. The van der Waals surface area contributed by atoms with E-state index >= 15 is 0 Å². The first-order chi connectivity index (χ1) is 18.8. The van der Waals surface area contributed by atoms with Crippen molar-refractivity contribution in [1.82, 2.24) is 9.80 Å². The maximum absolute atomic E-state index is 13.4. The van der Waals surface area contributed by atoms with Crippen LogP contribution in [-0.4, -0.2) is 59.9 Å². The molecule has 7 nitrogen and oxygen atoms in total. The van der Waals surface area contributed by atoms with E-state index in [9.17, 15) is 14.7 Å². The number of ketones is 1. The largest absolute Gasteiger partial charge is 0.507 e. The molecule has 7 heteroatoms. The molecule has 2 atom stereocenters. The molecule has 0 aromatic heterocycles. The maximum atomic E-state index is 13.4. The van der Waals surface area contributed by atoms with Crippen molar-refractivity contribution in [3.63, 3.8) is 0 Å². The lowest BCUT2D eigenvalue weighted by Crippen LogP contribution is -2.32. The number of hydrogen-bond acceptors (Lipinski definition) is 6. The van der Waals surface area contributed by atoms with E-state index < -0.39 is 17.7 Å². The van der Waals surface area contributed by atoms with E-state index in [1.54, 1.807) is 11.0 Å². The molecule has 1 amide bonds. The second kappa shape index (κ2) is 11.3. The summed E-state index contributed by atoms with van der Waals surface area (Å²) in [5, 5.41) is 11.4. The fraction of sp³-hybridized carbons (Fsp3) is 0.312. The van der Waals surface area contributed by atoms with E-state index in [4.69, 9.17) is 9.47 Å². The number of aliphatic hydroxyl groups excluding tert-OH is 1. The van der Waals surface area contributed by atoms with Crippen molar-refractivity contribution >= 4 is 17.4 Å². The van der Waals surface area contributed by atoms with Gasteiger partial charge in [-0.15, -0.1) is 0 Å². The van der Waals surface area contributed by atoms with E-state index in [0.717, 1.165) is 35.4 Å². The number of nitrogens with zero attached hydrogens (tertiary/aromatic N) is 2. The molecule has 1 saturated heterocycles. The smallest absolute Gasteiger partial charge is 0.295 e. The lowest BCUT2D eigenvalue weighted by molar-refractivity contribution is -0.139. The number of ether oxygens (including phenoxy) is 2. The van der Waals surface area contributed by atoms with Gasteiger partial charge in [0, 0.05) is 18.5 Å². The minimum atomic E-state index is -0.696. The van der Waals surface area contributed by atoms with Crippen LogP contribution in [0.4, 0.5) is 0 Å². The van der Waals surface area contributed by atoms with Crippen LogP contribution < -0.4 is 9.47 Å². The topological polar surface area (TPSA) is 79.3 Å². The van der Waals surface area contributed by atoms with E-state index in [-0.39, 0.29) is 17.4 Å². The number of rotatable bonds is 9. The number of likely N-dealkylation sites (tertiary alicyclic amines) is 1. The first kappa shape index (κ1) is 26.5. The van der Waals surface area contributed by atoms with Crippen LogP contribution in [0.25, 0.3) is 5.76 Å². The van der Waals surface area contributed by atoms with Crippen molar-refractivity contribution < 1.29 is 24.2 Å². The highest BCUT2D eigenvalue weighted by molar-refractivity contribution is 6.46. The molecule has 2 unspecified atom stereocenters. The van der Waals surface area contributed by atoms with E-state index in [2.05, 4.69) is 0 Å². The summed E-state index contributed by atoms with van der Waals surface area (Å²) in [7, 11) is 3.94. The molecule has 0 radical (unpaired) electrons. The van der Waals surface area contributed by atoms with Crippen LogP contribution in [0.2, 0.25) is 0 Å². The molecule has 2 heterocycles. The van der Waals surface area contributed by atoms with Crippen molar-refractivity contribution in [3.05, 3.63) is 101 Å². The Labute approximate surface area is 229 Å². The molecule has 5 rings (SSSR count). The van der Waals surface area contributed by atoms with Gasteiger partial charge in [-0.1, -0.05) is 42.5 Å². The van der Waals surface area contributed by atoms with Gasteiger partial charge in [-0.2, -0.15) is 0 Å². The molecular weight excluding hydrogens is 492 g/mol. The Bertz CT molecular complexity index is 1380. The van der Waals surface area contributed by atoms with Gasteiger partial charge in [0.15, 0.2) is 0 Å². The van der Waals surface area contributed by atoms with Gasteiger partial charge < -0.3 is 24.4 Å². The fourth-order valence-corrected chi connectivity index (χ4v) is 5.23. The highest BCUT2D eigenvalue weighted by Crippen LogP contribution is 2.41. The Morgan fingerprint density at radius 2 is 1.79 bits per heavy atom. The number of benzene rings is 3. The van der Waals surface area contributed by atoms with Gasteiger partial charge in [-0.05, 0) is 81.0 Å². The van der Waals surface area contributed by atoms with Crippen LogP contribution >= 0.6 is 0 Å². The summed E-state index contributed by atoms with van der Waals surface area (Å²) >= 11 is 0. The Hall–Kier alpha value is -4.10. The monoisotopic (exact) mass is 526 g/mol. The van der Waals surface area contributed by atoms with Crippen LogP contribution in [0.15, 0.2) is 78.4 Å². The SMILES string of the molecule is CC1Cc2cc(/C(O)=C3\C(=O)C(=O)N(CCCN(C)C)C3c3ccc(OCc4ccccc4)cc3)ccc2O1. The first-order valence-electron chi connectivity index (χ1n) is 13.3. The molecule has 202 valence electrons. The second-order valence-electron chi connectivity index (χ2n) is 10.4. The number of aliphatic hydroxyl groups is 1. The Kier molecular flexibility index (Phi) is 7.70. The summed E-state index contributed by atoms with van der Waals surface area (Å²) in [6.07, 6.45) is 1.48. The van der Waals surface area contributed by atoms with E-state index in [1.807, 2.05) is 92.6 Å². The molecular formula is C32H34N2O5. The standard InChI is InChI=1S/C32H34N2O5/c1-21-18-25-19-24(12-15-27(25)39-21)30(35)28-29(34(32(37)31(28)36)17-7-16-33(2)3)23-10-13-26(14-11-23)38-20-22-8-5-4-6-9-22/h4-6,8-15,19,21,29,35H,7,16-18,20H2,1-3H3/b30-28+. The van der Waals surface area contributed by atoms with Crippen LogP contribution in [0, 0.1) is 0 Å². The van der Waals surface area contributed by atoms with Crippen molar-refractivity contribution in [2.75, 3.05) is 27.2 Å². The number of fused-ring (bicyclic) bond motifs is 1. The molecule has 1 N–H and O–H groups in total. The van der Waals surface area contributed by atoms with Gasteiger partial charge in [0.2, 0.25) is 0 Å². The number of carbonyl (C=O) groups is 2. The molecule has 1 fully saturated rings. The van der Waals surface area contributed by atoms with Gasteiger partial charge in [-0.3, -0.25) is 9.59 Å². The van der Waals surface area contributed by atoms with E-state index in [1.165, 1.54) is 0 Å². The molecule has 39 heavy (non-hydrogen) atoms. The van der Waals surface area contributed by atoms with Gasteiger partial charge in [0.05, 0.1) is 11.6 Å². The molecule has 0 aliphatic carbocycles. The summed E-state index contributed by atoms with van der Waals surface area (Å²) in [5.74, 6) is 0.0330.